The van der Waals surface area contributed by atoms with Crippen LogP contribution in [0.4, 0.5) is 0 Å². The Labute approximate surface area is 102 Å². The highest BCUT2D eigenvalue weighted by atomic mass is 16.4. The molecule has 0 atom stereocenters. The van der Waals surface area contributed by atoms with E-state index in [0.717, 1.165) is 0 Å². The second-order valence-electron chi connectivity index (χ2n) is 4.90. The molecule has 0 aromatic carbocycles. The van der Waals surface area contributed by atoms with Crippen molar-refractivity contribution in [3.8, 4) is 0 Å². The number of hydrogen-bond donors (Lipinski definition) is 2. The van der Waals surface area contributed by atoms with Crippen LogP contribution in [0.5, 0.6) is 0 Å². The van der Waals surface area contributed by atoms with Gasteiger partial charge in [0.2, 0.25) is 5.91 Å². The van der Waals surface area contributed by atoms with Gasteiger partial charge in [0.25, 0.3) is 0 Å². The van der Waals surface area contributed by atoms with E-state index in [2.05, 4.69) is 5.32 Å². The lowest BCUT2D eigenvalue weighted by atomic mass is 9.75. The molecule has 0 radical (unpaired) electrons. The molecule has 1 rings (SSSR count). The van der Waals surface area contributed by atoms with Gasteiger partial charge in [0.05, 0.1) is 0 Å². The predicted molar refractivity (Wildman–Crippen MR) is 64.7 cm³/mol. The van der Waals surface area contributed by atoms with Crippen LogP contribution in [0.25, 0.3) is 0 Å². The Morgan fingerprint density at radius 2 is 1.88 bits per heavy atom. The van der Waals surface area contributed by atoms with E-state index in [9.17, 15) is 14.7 Å². The Morgan fingerprint density at radius 1 is 1.35 bits per heavy atom. The van der Waals surface area contributed by atoms with Gasteiger partial charge in [-0.1, -0.05) is 0 Å². The molecule has 0 saturated heterocycles. The number of carboxylic acid groups (broad SMARTS) is 1. The molecule has 1 aliphatic rings. The number of carbonyl (C=O) groups excluding carboxylic acids is 1. The summed E-state index contributed by atoms with van der Waals surface area (Å²) >= 11 is 0. The molecule has 0 heterocycles. The number of likely N-dealkylation sites (N-methyl/N-ethyl adjacent to an activating group) is 1. The SMILES string of the molecule is CCNC(=O)C1CCC(C(=O)O)(N(C)C)CC1. The first-order valence-corrected chi connectivity index (χ1v) is 6.12. The summed E-state index contributed by atoms with van der Waals surface area (Å²) in [4.78, 5) is 24.8. The van der Waals surface area contributed by atoms with Crippen molar-refractivity contribution in [3.63, 3.8) is 0 Å². The Kier molecular flexibility index (Phi) is 4.51. The van der Waals surface area contributed by atoms with Gasteiger partial charge < -0.3 is 10.4 Å². The minimum atomic E-state index is -0.789. The van der Waals surface area contributed by atoms with Gasteiger partial charge in [0, 0.05) is 12.5 Å². The normalized spacial score (nSPS) is 29.1. The lowest BCUT2D eigenvalue weighted by Crippen LogP contribution is -2.54. The first-order valence-electron chi connectivity index (χ1n) is 6.12. The second-order valence-corrected chi connectivity index (χ2v) is 4.90. The minimum Gasteiger partial charge on any atom is -0.480 e. The standard InChI is InChI=1S/C12H22N2O3/c1-4-13-10(15)9-5-7-12(8-6-9,11(16)17)14(2)3/h9H,4-8H2,1-3H3,(H,13,15)(H,16,17). The Bertz CT molecular complexity index is 294. The van der Waals surface area contributed by atoms with Gasteiger partial charge in [-0.2, -0.15) is 0 Å². The largest absolute Gasteiger partial charge is 0.480 e. The highest BCUT2D eigenvalue weighted by Gasteiger charge is 2.44. The first kappa shape index (κ1) is 14.0. The molecule has 1 saturated carbocycles. The van der Waals surface area contributed by atoms with Crippen molar-refractivity contribution in [2.45, 2.75) is 38.1 Å². The van der Waals surface area contributed by atoms with E-state index >= 15 is 0 Å². The molecule has 1 fully saturated rings. The lowest BCUT2D eigenvalue weighted by Gasteiger charge is -2.41. The molecular weight excluding hydrogens is 220 g/mol. The molecule has 5 heteroatoms. The zero-order chi connectivity index (χ0) is 13.1. The summed E-state index contributed by atoms with van der Waals surface area (Å²) in [6, 6.07) is 0. The number of carbonyl (C=O) groups is 2. The van der Waals surface area contributed by atoms with Gasteiger partial charge in [-0.05, 0) is 46.7 Å². The molecular formula is C12H22N2O3. The van der Waals surface area contributed by atoms with Gasteiger partial charge in [-0.25, -0.2) is 0 Å². The van der Waals surface area contributed by atoms with Crippen LogP contribution < -0.4 is 5.32 Å². The van der Waals surface area contributed by atoms with E-state index in [4.69, 9.17) is 0 Å². The van der Waals surface area contributed by atoms with Crippen LogP contribution in [0, 0.1) is 5.92 Å². The summed E-state index contributed by atoms with van der Waals surface area (Å²) in [5.41, 5.74) is -0.789. The molecule has 0 aromatic heterocycles. The van der Waals surface area contributed by atoms with Crippen LogP contribution >= 0.6 is 0 Å². The van der Waals surface area contributed by atoms with Crippen molar-refractivity contribution in [2.24, 2.45) is 5.92 Å². The van der Waals surface area contributed by atoms with Crippen molar-refractivity contribution in [3.05, 3.63) is 0 Å². The summed E-state index contributed by atoms with van der Waals surface area (Å²) in [7, 11) is 3.58. The molecule has 1 amide bonds. The Morgan fingerprint density at radius 3 is 2.24 bits per heavy atom. The molecule has 2 N–H and O–H groups in total. The first-order chi connectivity index (χ1) is 7.94. The van der Waals surface area contributed by atoms with E-state index in [1.54, 1.807) is 19.0 Å². The second kappa shape index (κ2) is 5.49. The Hall–Kier alpha value is -1.10. The molecule has 17 heavy (non-hydrogen) atoms. The van der Waals surface area contributed by atoms with Gasteiger partial charge in [-0.15, -0.1) is 0 Å². The van der Waals surface area contributed by atoms with E-state index in [1.165, 1.54) is 0 Å². The fourth-order valence-corrected chi connectivity index (χ4v) is 2.53. The van der Waals surface area contributed by atoms with Gasteiger partial charge >= 0.3 is 5.97 Å². The fraction of sp³-hybridized carbons (Fsp3) is 0.833. The fourth-order valence-electron chi connectivity index (χ4n) is 2.53. The van der Waals surface area contributed by atoms with Crippen LogP contribution in [0.15, 0.2) is 0 Å². The van der Waals surface area contributed by atoms with Crippen molar-refractivity contribution in [1.82, 2.24) is 10.2 Å². The molecule has 5 nitrogen and oxygen atoms in total. The van der Waals surface area contributed by atoms with Crippen LogP contribution in [-0.4, -0.2) is 48.1 Å². The maximum atomic E-state index is 11.7. The van der Waals surface area contributed by atoms with Gasteiger partial charge in [0.1, 0.15) is 5.54 Å². The van der Waals surface area contributed by atoms with E-state index < -0.39 is 11.5 Å². The van der Waals surface area contributed by atoms with Crippen molar-refractivity contribution >= 4 is 11.9 Å². The van der Waals surface area contributed by atoms with Crippen LogP contribution in [-0.2, 0) is 9.59 Å². The van der Waals surface area contributed by atoms with E-state index in [-0.39, 0.29) is 11.8 Å². The molecule has 0 bridgehead atoms. The zero-order valence-corrected chi connectivity index (χ0v) is 10.8. The number of carboxylic acids is 1. The maximum Gasteiger partial charge on any atom is 0.324 e. The molecule has 0 aromatic rings. The molecule has 0 spiro atoms. The number of hydrogen-bond acceptors (Lipinski definition) is 3. The number of amides is 1. The summed E-state index contributed by atoms with van der Waals surface area (Å²) in [6.07, 6.45) is 2.38. The number of rotatable bonds is 4. The highest BCUT2D eigenvalue weighted by molar-refractivity contribution is 5.81. The maximum absolute atomic E-state index is 11.7. The van der Waals surface area contributed by atoms with Crippen LogP contribution in [0.1, 0.15) is 32.6 Å². The minimum absolute atomic E-state index is 0.0256. The average molecular weight is 242 g/mol. The molecule has 1 aliphatic carbocycles. The van der Waals surface area contributed by atoms with Crippen molar-refractivity contribution < 1.29 is 14.7 Å². The zero-order valence-electron chi connectivity index (χ0n) is 10.8. The number of aliphatic carboxylic acids is 1. The predicted octanol–water partition coefficient (Wildman–Crippen LogP) is 0.698. The third kappa shape index (κ3) is 2.77. The molecule has 98 valence electrons. The molecule has 0 unspecified atom stereocenters. The molecule has 0 aliphatic heterocycles. The van der Waals surface area contributed by atoms with E-state index in [0.29, 0.717) is 32.2 Å². The third-order valence-corrected chi connectivity index (χ3v) is 3.79. The van der Waals surface area contributed by atoms with Crippen molar-refractivity contribution in [1.29, 1.82) is 0 Å². The number of nitrogens with one attached hydrogen (secondary N) is 1. The smallest absolute Gasteiger partial charge is 0.324 e. The quantitative estimate of drug-likeness (QED) is 0.761. The lowest BCUT2D eigenvalue weighted by molar-refractivity contribution is -0.153. The van der Waals surface area contributed by atoms with Crippen LogP contribution in [0.2, 0.25) is 0 Å². The monoisotopic (exact) mass is 242 g/mol. The number of nitrogens with zero attached hydrogens (tertiary/aromatic N) is 1. The van der Waals surface area contributed by atoms with Crippen LogP contribution in [0.3, 0.4) is 0 Å². The van der Waals surface area contributed by atoms with E-state index in [1.807, 2.05) is 6.92 Å². The Balaban J connectivity index is 2.65. The van der Waals surface area contributed by atoms with Gasteiger partial charge in [0.15, 0.2) is 0 Å². The summed E-state index contributed by atoms with van der Waals surface area (Å²) in [6.45, 7) is 2.52. The van der Waals surface area contributed by atoms with Crippen molar-refractivity contribution in [2.75, 3.05) is 20.6 Å². The average Bonchev–Trinajstić information content (AvgIpc) is 2.28. The summed E-state index contributed by atoms with van der Waals surface area (Å²) < 4.78 is 0. The highest BCUT2D eigenvalue weighted by Crippen LogP contribution is 2.35. The topological polar surface area (TPSA) is 69.6 Å². The summed E-state index contributed by atoms with van der Waals surface area (Å²) in [5.74, 6) is -0.746. The van der Waals surface area contributed by atoms with Gasteiger partial charge in [-0.3, -0.25) is 14.5 Å². The summed E-state index contributed by atoms with van der Waals surface area (Å²) in [5, 5.41) is 12.1. The third-order valence-electron chi connectivity index (χ3n) is 3.79.